The van der Waals surface area contributed by atoms with Crippen molar-refractivity contribution < 1.29 is 14.7 Å². The molecule has 1 fully saturated rings. The number of carbonyl (C=O) groups is 2. The van der Waals surface area contributed by atoms with E-state index in [1.807, 2.05) is 16.7 Å². The molecule has 0 unspecified atom stereocenters. The number of likely N-dealkylation sites (tertiary alicyclic amines) is 1. The first-order chi connectivity index (χ1) is 7.54. The van der Waals surface area contributed by atoms with Crippen LogP contribution in [0.5, 0.6) is 0 Å². The summed E-state index contributed by atoms with van der Waals surface area (Å²) < 4.78 is 0. The number of carbonyl (C=O) groups excluding carboxylic acids is 1. The summed E-state index contributed by atoms with van der Waals surface area (Å²) in [7, 11) is 0. The highest BCUT2D eigenvalue weighted by Gasteiger charge is 2.26. The third kappa shape index (κ3) is 3.48. The number of nitrogens with zero attached hydrogens (tertiary/aromatic N) is 2. The predicted molar refractivity (Wildman–Crippen MR) is 60.2 cm³/mol. The Bertz CT molecular complexity index is 268. The second-order valence-corrected chi connectivity index (χ2v) is 4.23. The van der Waals surface area contributed by atoms with E-state index in [2.05, 4.69) is 0 Å². The van der Waals surface area contributed by atoms with Gasteiger partial charge in [0, 0.05) is 26.1 Å². The number of piperidine rings is 1. The number of amides is 1. The highest BCUT2D eigenvalue weighted by atomic mass is 16.4. The molecule has 0 aromatic carbocycles. The van der Waals surface area contributed by atoms with E-state index in [-0.39, 0.29) is 18.5 Å². The molecular weight excluding hydrogens is 208 g/mol. The van der Waals surface area contributed by atoms with E-state index in [9.17, 15) is 9.59 Å². The van der Waals surface area contributed by atoms with Crippen molar-refractivity contribution in [1.82, 2.24) is 9.80 Å². The molecule has 1 N–H and O–H groups in total. The van der Waals surface area contributed by atoms with Crippen LogP contribution >= 0.6 is 0 Å². The number of likely N-dealkylation sites (N-methyl/N-ethyl adjacent to an activating group) is 1. The molecule has 16 heavy (non-hydrogen) atoms. The van der Waals surface area contributed by atoms with Gasteiger partial charge in [-0.1, -0.05) is 0 Å². The molecule has 1 aliphatic rings. The van der Waals surface area contributed by atoms with Crippen LogP contribution in [0.3, 0.4) is 0 Å². The van der Waals surface area contributed by atoms with Gasteiger partial charge in [0.05, 0.1) is 6.54 Å². The molecule has 1 amide bonds. The standard InChI is InChI=1S/C11H20N2O3/c1-3-13(9(2)14)10-5-4-6-12(7-10)8-11(15)16/h10H,3-8H2,1-2H3,(H,15,16)/t10-/m1/s1. The number of aliphatic carboxylic acids is 1. The number of hydrogen-bond acceptors (Lipinski definition) is 3. The minimum atomic E-state index is -0.800. The average molecular weight is 228 g/mol. The fourth-order valence-corrected chi connectivity index (χ4v) is 2.36. The monoisotopic (exact) mass is 228 g/mol. The number of rotatable bonds is 4. The van der Waals surface area contributed by atoms with Gasteiger partial charge in [-0.05, 0) is 26.3 Å². The highest BCUT2D eigenvalue weighted by molar-refractivity contribution is 5.73. The van der Waals surface area contributed by atoms with Crippen LogP contribution in [0.1, 0.15) is 26.7 Å². The maximum absolute atomic E-state index is 11.4. The fraction of sp³-hybridized carbons (Fsp3) is 0.818. The van der Waals surface area contributed by atoms with Gasteiger partial charge in [-0.3, -0.25) is 14.5 Å². The lowest BCUT2D eigenvalue weighted by Crippen LogP contribution is -2.50. The van der Waals surface area contributed by atoms with E-state index in [4.69, 9.17) is 5.11 Å². The molecule has 5 heteroatoms. The molecule has 0 bridgehead atoms. The summed E-state index contributed by atoms with van der Waals surface area (Å²) in [6, 6.07) is 0.176. The Kier molecular flexibility index (Phi) is 4.73. The SMILES string of the molecule is CCN(C(C)=O)[C@@H]1CCCN(CC(=O)O)C1. The molecular formula is C11H20N2O3. The van der Waals surface area contributed by atoms with Crippen molar-refractivity contribution in [3.05, 3.63) is 0 Å². The minimum Gasteiger partial charge on any atom is -0.480 e. The van der Waals surface area contributed by atoms with Crippen LogP contribution in [0.15, 0.2) is 0 Å². The van der Waals surface area contributed by atoms with Gasteiger partial charge in [-0.2, -0.15) is 0 Å². The molecule has 0 aliphatic carbocycles. The average Bonchev–Trinajstić information content (AvgIpc) is 2.17. The maximum Gasteiger partial charge on any atom is 0.317 e. The van der Waals surface area contributed by atoms with E-state index in [0.717, 1.165) is 19.4 Å². The Morgan fingerprint density at radius 2 is 2.19 bits per heavy atom. The van der Waals surface area contributed by atoms with Crippen LogP contribution in [0.2, 0.25) is 0 Å². The molecule has 1 heterocycles. The van der Waals surface area contributed by atoms with Crippen molar-refractivity contribution in [3.63, 3.8) is 0 Å². The molecule has 0 saturated carbocycles. The maximum atomic E-state index is 11.4. The predicted octanol–water partition coefficient (Wildman–Crippen LogP) is 0.404. The zero-order valence-corrected chi connectivity index (χ0v) is 9.98. The fourth-order valence-electron chi connectivity index (χ4n) is 2.36. The van der Waals surface area contributed by atoms with E-state index in [1.54, 1.807) is 6.92 Å². The van der Waals surface area contributed by atoms with Gasteiger partial charge in [0.15, 0.2) is 0 Å². The van der Waals surface area contributed by atoms with Crippen molar-refractivity contribution in [2.75, 3.05) is 26.2 Å². The van der Waals surface area contributed by atoms with E-state index < -0.39 is 5.97 Å². The third-order valence-corrected chi connectivity index (χ3v) is 3.03. The van der Waals surface area contributed by atoms with Crippen LogP contribution in [0.25, 0.3) is 0 Å². The summed E-state index contributed by atoms with van der Waals surface area (Å²) in [4.78, 5) is 25.8. The zero-order chi connectivity index (χ0) is 12.1. The topological polar surface area (TPSA) is 60.9 Å². The molecule has 1 rings (SSSR count). The molecule has 0 radical (unpaired) electrons. The molecule has 1 saturated heterocycles. The van der Waals surface area contributed by atoms with Crippen molar-refractivity contribution in [3.8, 4) is 0 Å². The molecule has 0 spiro atoms. The van der Waals surface area contributed by atoms with Gasteiger partial charge >= 0.3 is 5.97 Å². The summed E-state index contributed by atoms with van der Waals surface area (Å²) in [6.07, 6.45) is 1.94. The summed E-state index contributed by atoms with van der Waals surface area (Å²) in [5, 5.41) is 8.73. The molecule has 5 nitrogen and oxygen atoms in total. The lowest BCUT2D eigenvalue weighted by atomic mass is 10.0. The van der Waals surface area contributed by atoms with Crippen molar-refractivity contribution >= 4 is 11.9 Å². The minimum absolute atomic E-state index is 0.0738. The van der Waals surface area contributed by atoms with Crippen molar-refractivity contribution in [2.45, 2.75) is 32.7 Å². The summed E-state index contributed by atoms with van der Waals surface area (Å²) in [5.74, 6) is -0.726. The molecule has 0 aromatic heterocycles. The number of hydrogen-bond donors (Lipinski definition) is 1. The van der Waals surface area contributed by atoms with E-state index in [1.165, 1.54) is 0 Å². The third-order valence-electron chi connectivity index (χ3n) is 3.03. The van der Waals surface area contributed by atoms with Crippen LogP contribution in [0.4, 0.5) is 0 Å². The van der Waals surface area contributed by atoms with Crippen LogP contribution in [-0.2, 0) is 9.59 Å². The van der Waals surface area contributed by atoms with Crippen LogP contribution < -0.4 is 0 Å². The van der Waals surface area contributed by atoms with Crippen molar-refractivity contribution in [1.29, 1.82) is 0 Å². The quantitative estimate of drug-likeness (QED) is 0.757. The van der Waals surface area contributed by atoms with Gasteiger partial charge in [-0.15, -0.1) is 0 Å². The molecule has 1 aliphatic heterocycles. The van der Waals surface area contributed by atoms with Gasteiger partial charge in [0.1, 0.15) is 0 Å². The van der Waals surface area contributed by atoms with Crippen LogP contribution in [-0.4, -0.2) is 59.0 Å². The van der Waals surface area contributed by atoms with E-state index >= 15 is 0 Å². The number of carboxylic acid groups (broad SMARTS) is 1. The largest absolute Gasteiger partial charge is 0.480 e. The van der Waals surface area contributed by atoms with Gasteiger partial charge in [-0.25, -0.2) is 0 Å². The number of carboxylic acids is 1. The normalized spacial score (nSPS) is 21.8. The summed E-state index contributed by atoms with van der Waals surface area (Å²) in [6.45, 7) is 5.79. The zero-order valence-electron chi connectivity index (χ0n) is 9.98. The Morgan fingerprint density at radius 1 is 1.50 bits per heavy atom. The van der Waals surface area contributed by atoms with Gasteiger partial charge < -0.3 is 10.0 Å². The Labute approximate surface area is 96.0 Å². The first-order valence-electron chi connectivity index (χ1n) is 5.76. The second kappa shape index (κ2) is 5.84. The van der Waals surface area contributed by atoms with Crippen LogP contribution in [0, 0.1) is 0 Å². The first-order valence-corrected chi connectivity index (χ1v) is 5.76. The summed E-state index contributed by atoms with van der Waals surface area (Å²) >= 11 is 0. The summed E-state index contributed by atoms with van der Waals surface area (Å²) in [5.41, 5.74) is 0. The second-order valence-electron chi connectivity index (χ2n) is 4.23. The Morgan fingerprint density at radius 3 is 2.69 bits per heavy atom. The smallest absolute Gasteiger partial charge is 0.317 e. The van der Waals surface area contributed by atoms with E-state index in [0.29, 0.717) is 13.1 Å². The van der Waals surface area contributed by atoms with Gasteiger partial charge in [0.2, 0.25) is 5.91 Å². The Balaban J connectivity index is 2.55. The van der Waals surface area contributed by atoms with Crippen molar-refractivity contribution in [2.24, 2.45) is 0 Å². The highest BCUT2D eigenvalue weighted by Crippen LogP contribution is 2.15. The first kappa shape index (κ1) is 13.0. The molecule has 1 atom stereocenters. The lowest BCUT2D eigenvalue weighted by Gasteiger charge is -2.38. The van der Waals surface area contributed by atoms with Gasteiger partial charge in [0.25, 0.3) is 0 Å². The lowest BCUT2D eigenvalue weighted by molar-refractivity contribution is -0.139. The molecule has 92 valence electrons. The molecule has 0 aromatic rings. The Hall–Kier alpha value is -1.10.